The lowest BCUT2D eigenvalue weighted by Gasteiger charge is -2.13. The number of carboxylic acid groups (broad SMARTS) is 1. The number of rotatable bonds is 3. The molecule has 0 aliphatic carbocycles. The molecule has 0 bridgehead atoms. The quantitative estimate of drug-likeness (QED) is 0.755. The number of aromatic carboxylic acids is 1. The molecular formula is C17H16N2O3S. The van der Waals surface area contributed by atoms with Crippen molar-refractivity contribution in [2.24, 2.45) is 0 Å². The normalized spacial score (nSPS) is 10.0. The molecule has 1 amide bonds. The van der Waals surface area contributed by atoms with Gasteiger partial charge in [-0.2, -0.15) is 0 Å². The SMILES string of the molecule is Cc1ccccc1C(=O)NC(=S)Nc1cccc(C(=O)O)c1C. The smallest absolute Gasteiger partial charge is 0.336 e. The molecule has 0 saturated heterocycles. The largest absolute Gasteiger partial charge is 0.478 e. The summed E-state index contributed by atoms with van der Waals surface area (Å²) in [5.41, 5.74) is 2.65. The van der Waals surface area contributed by atoms with Gasteiger partial charge in [0.05, 0.1) is 5.56 Å². The van der Waals surface area contributed by atoms with Crippen molar-refractivity contribution >= 4 is 34.9 Å². The van der Waals surface area contributed by atoms with Crippen molar-refractivity contribution in [1.82, 2.24) is 5.32 Å². The second-order valence-electron chi connectivity index (χ2n) is 5.01. The lowest BCUT2D eigenvalue weighted by Crippen LogP contribution is -2.34. The predicted octanol–water partition coefficient (Wildman–Crippen LogP) is 3.13. The number of carboxylic acids is 1. The van der Waals surface area contributed by atoms with E-state index in [1.54, 1.807) is 31.2 Å². The van der Waals surface area contributed by atoms with E-state index in [1.807, 2.05) is 19.1 Å². The summed E-state index contributed by atoms with van der Waals surface area (Å²) in [4.78, 5) is 23.3. The zero-order chi connectivity index (χ0) is 17.0. The number of anilines is 1. The number of benzene rings is 2. The molecule has 0 saturated carbocycles. The van der Waals surface area contributed by atoms with Gasteiger partial charge in [0.1, 0.15) is 0 Å². The maximum atomic E-state index is 12.2. The molecule has 6 heteroatoms. The van der Waals surface area contributed by atoms with Crippen LogP contribution >= 0.6 is 12.2 Å². The molecule has 118 valence electrons. The van der Waals surface area contributed by atoms with Crippen molar-refractivity contribution in [2.45, 2.75) is 13.8 Å². The molecule has 0 aliphatic rings. The van der Waals surface area contributed by atoms with Crippen LogP contribution < -0.4 is 10.6 Å². The van der Waals surface area contributed by atoms with Gasteiger partial charge in [0.15, 0.2) is 5.11 Å². The third kappa shape index (κ3) is 3.92. The Hall–Kier alpha value is -2.73. The van der Waals surface area contributed by atoms with Crippen molar-refractivity contribution in [3.05, 3.63) is 64.7 Å². The van der Waals surface area contributed by atoms with Gasteiger partial charge in [-0.05, 0) is 55.4 Å². The third-order valence-electron chi connectivity index (χ3n) is 3.43. The molecular weight excluding hydrogens is 312 g/mol. The Morgan fingerprint density at radius 3 is 2.30 bits per heavy atom. The molecule has 0 aromatic heterocycles. The monoisotopic (exact) mass is 328 g/mol. The van der Waals surface area contributed by atoms with Crippen molar-refractivity contribution in [1.29, 1.82) is 0 Å². The highest BCUT2D eigenvalue weighted by Crippen LogP contribution is 2.19. The molecule has 0 atom stereocenters. The van der Waals surface area contributed by atoms with Gasteiger partial charge >= 0.3 is 5.97 Å². The minimum Gasteiger partial charge on any atom is -0.478 e. The Balaban J connectivity index is 2.12. The van der Waals surface area contributed by atoms with Crippen molar-refractivity contribution in [2.75, 3.05) is 5.32 Å². The van der Waals surface area contributed by atoms with Crippen LogP contribution in [0.15, 0.2) is 42.5 Å². The predicted molar refractivity (Wildman–Crippen MR) is 93.0 cm³/mol. The van der Waals surface area contributed by atoms with Crippen molar-refractivity contribution < 1.29 is 14.7 Å². The van der Waals surface area contributed by atoms with Crippen LogP contribution in [-0.2, 0) is 0 Å². The molecule has 2 rings (SSSR count). The highest BCUT2D eigenvalue weighted by Gasteiger charge is 2.13. The minimum absolute atomic E-state index is 0.115. The highest BCUT2D eigenvalue weighted by atomic mass is 32.1. The van der Waals surface area contributed by atoms with E-state index < -0.39 is 5.97 Å². The molecule has 0 fully saturated rings. The van der Waals surface area contributed by atoms with Gasteiger partial charge in [-0.25, -0.2) is 4.79 Å². The molecule has 0 unspecified atom stereocenters. The Bertz CT molecular complexity index is 787. The van der Waals surface area contributed by atoms with E-state index in [4.69, 9.17) is 17.3 Å². The lowest BCUT2D eigenvalue weighted by atomic mass is 10.1. The number of carbonyl (C=O) groups is 2. The Morgan fingerprint density at radius 2 is 1.65 bits per heavy atom. The molecule has 0 radical (unpaired) electrons. The number of hydrogen-bond donors (Lipinski definition) is 3. The topological polar surface area (TPSA) is 78.4 Å². The van der Waals surface area contributed by atoms with Gasteiger partial charge in [0.2, 0.25) is 0 Å². The molecule has 3 N–H and O–H groups in total. The molecule has 0 aliphatic heterocycles. The zero-order valence-electron chi connectivity index (χ0n) is 12.7. The number of aryl methyl sites for hydroxylation is 1. The van der Waals surface area contributed by atoms with E-state index in [1.165, 1.54) is 6.07 Å². The minimum atomic E-state index is -1.01. The van der Waals surface area contributed by atoms with E-state index in [0.29, 0.717) is 16.8 Å². The maximum Gasteiger partial charge on any atom is 0.336 e. The average molecular weight is 328 g/mol. The van der Waals surface area contributed by atoms with Gasteiger partial charge in [-0.3, -0.25) is 10.1 Å². The summed E-state index contributed by atoms with van der Waals surface area (Å²) < 4.78 is 0. The Labute approximate surface area is 139 Å². The van der Waals surface area contributed by atoms with E-state index in [-0.39, 0.29) is 16.6 Å². The Kier molecular flexibility index (Phi) is 5.08. The third-order valence-corrected chi connectivity index (χ3v) is 3.63. The van der Waals surface area contributed by atoms with Crippen LogP contribution in [0.25, 0.3) is 0 Å². The standard InChI is InChI=1S/C17H16N2O3S/c1-10-6-3-4-7-12(10)15(20)19-17(23)18-14-9-5-8-13(11(14)2)16(21)22/h3-9H,1-2H3,(H,21,22)(H2,18,19,20,23). The van der Waals surface area contributed by atoms with Crippen LogP contribution in [-0.4, -0.2) is 22.1 Å². The maximum absolute atomic E-state index is 12.2. The number of nitrogens with one attached hydrogen (secondary N) is 2. The number of carbonyl (C=O) groups excluding carboxylic acids is 1. The molecule has 2 aromatic carbocycles. The fraction of sp³-hybridized carbons (Fsp3) is 0.118. The van der Waals surface area contributed by atoms with E-state index in [9.17, 15) is 9.59 Å². The summed E-state index contributed by atoms with van der Waals surface area (Å²) in [6.45, 7) is 3.52. The average Bonchev–Trinajstić information content (AvgIpc) is 2.49. The van der Waals surface area contributed by atoms with Crippen LogP contribution in [0.2, 0.25) is 0 Å². The molecule has 23 heavy (non-hydrogen) atoms. The second-order valence-corrected chi connectivity index (χ2v) is 5.41. The van der Waals surface area contributed by atoms with E-state index in [0.717, 1.165) is 5.56 Å². The number of hydrogen-bond acceptors (Lipinski definition) is 3. The molecule has 5 nitrogen and oxygen atoms in total. The van der Waals surface area contributed by atoms with Gasteiger partial charge in [0, 0.05) is 11.3 Å². The van der Waals surface area contributed by atoms with Crippen molar-refractivity contribution in [3.63, 3.8) is 0 Å². The van der Waals surface area contributed by atoms with Gasteiger partial charge in [0.25, 0.3) is 5.91 Å². The van der Waals surface area contributed by atoms with Crippen LogP contribution in [0.4, 0.5) is 5.69 Å². The summed E-state index contributed by atoms with van der Waals surface area (Å²) in [5, 5.41) is 14.7. The van der Waals surface area contributed by atoms with E-state index in [2.05, 4.69) is 10.6 Å². The molecule has 2 aromatic rings. The van der Waals surface area contributed by atoms with Crippen molar-refractivity contribution in [3.8, 4) is 0 Å². The van der Waals surface area contributed by atoms with Crippen LogP contribution in [0.3, 0.4) is 0 Å². The fourth-order valence-electron chi connectivity index (χ4n) is 2.15. The zero-order valence-corrected chi connectivity index (χ0v) is 13.5. The summed E-state index contributed by atoms with van der Waals surface area (Å²) in [5.74, 6) is -1.33. The first-order valence-corrected chi connectivity index (χ1v) is 7.32. The summed E-state index contributed by atoms with van der Waals surface area (Å²) in [6, 6.07) is 12.0. The van der Waals surface area contributed by atoms with Gasteiger partial charge < -0.3 is 10.4 Å². The molecule has 0 heterocycles. The summed E-state index contributed by atoms with van der Waals surface area (Å²) in [7, 11) is 0. The molecule has 0 spiro atoms. The Morgan fingerprint density at radius 1 is 1.00 bits per heavy atom. The van der Waals surface area contributed by atoms with Crippen LogP contribution in [0.1, 0.15) is 31.8 Å². The number of amides is 1. The van der Waals surface area contributed by atoms with Crippen LogP contribution in [0.5, 0.6) is 0 Å². The highest BCUT2D eigenvalue weighted by molar-refractivity contribution is 7.80. The summed E-state index contributed by atoms with van der Waals surface area (Å²) >= 11 is 5.13. The van der Waals surface area contributed by atoms with E-state index >= 15 is 0 Å². The van der Waals surface area contributed by atoms with Gasteiger partial charge in [-0.15, -0.1) is 0 Å². The second kappa shape index (κ2) is 7.02. The summed E-state index contributed by atoms with van der Waals surface area (Å²) in [6.07, 6.45) is 0. The number of thiocarbonyl (C=S) groups is 1. The van der Waals surface area contributed by atoms with Crippen LogP contribution in [0, 0.1) is 13.8 Å². The first kappa shape index (κ1) is 16.6. The first-order valence-electron chi connectivity index (χ1n) is 6.91. The fourth-order valence-corrected chi connectivity index (χ4v) is 2.36. The van der Waals surface area contributed by atoms with Gasteiger partial charge in [-0.1, -0.05) is 24.3 Å². The lowest BCUT2D eigenvalue weighted by molar-refractivity contribution is 0.0696. The first-order chi connectivity index (χ1) is 10.9.